The normalized spacial score (nSPS) is 15.9. The van der Waals surface area contributed by atoms with E-state index in [0.717, 1.165) is 5.75 Å². The molecule has 1 N–H and O–H groups in total. The number of hydrogen-bond donors (Lipinski definition) is 1. The first-order chi connectivity index (χ1) is 11.5. The minimum atomic E-state index is -0.584. The number of furan rings is 1. The Bertz CT molecular complexity index is 568. The summed E-state index contributed by atoms with van der Waals surface area (Å²) in [5.74, 6) is 0.488. The average molecular weight is 353 g/mol. The van der Waals surface area contributed by atoms with Crippen LogP contribution in [0.5, 0.6) is 0 Å². The van der Waals surface area contributed by atoms with Gasteiger partial charge in [-0.1, -0.05) is 0 Å². The van der Waals surface area contributed by atoms with Crippen molar-refractivity contribution in [2.75, 3.05) is 38.2 Å². The van der Waals surface area contributed by atoms with E-state index in [0.29, 0.717) is 32.6 Å². The molecule has 24 heavy (non-hydrogen) atoms. The third kappa shape index (κ3) is 4.77. The van der Waals surface area contributed by atoms with Crippen molar-refractivity contribution in [3.05, 3.63) is 24.2 Å². The molecule has 0 saturated carbocycles. The second-order valence-corrected chi connectivity index (χ2v) is 6.60. The Balaban J connectivity index is 1.97. The summed E-state index contributed by atoms with van der Waals surface area (Å²) in [5, 5.41) is 2.77. The van der Waals surface area contributed by atoms with Gasteiger partial charge in [0.15, 0.2) is 5.76 Å². The fraction of sp³-hybridized carbons (Fsp3) is 0.562. The van der Waals surface area contributed by atoms with E-state index in [-0.39, 0.29) is 23.5 Å². The zero-order valence-electron chi connectivity index (χ0n) is 14.0. The van der Waals surface area contributed by atoms with E-state index in [1.807, 2.05) is 6.26 Å². The van der Waals surface area contributed by atoms with E-state index >= 15 is 0 Å². The Morgan fingerprint density at radius 2 is 1.92 bits per heavy atom. The smallest absolute Gasteiger partial charge is 0.287 e. The number of carbonyl (C=O) groups excluding carboxylic acids is 3. The maximum atomic E-state index is 12.8. The number of carbonyl (C=O) groups is 3. The molecule has 0 aromatic carbocycles. The zero-order chi connectivity index (χ0) is 17.5. The molecule has 1 aromatic rings. The molecule has 1 aliphatic rings. The number of nitrogens with one attached hydrogen (secondary N) is 1. The highest BCUT2D eigenvalue weighted by Gasteiger charge is 2.29. The Morgan fingerprint density at radius 3 is 2.46 bits per heavy atom. The quantitative estimate of drug-likeness (QED) is 0.819. The number of amides is 3. The van der Waals surface area contributed by atoms with E-state index in [1.54, 1.807) is 33.7 Å². The van der Waals surface area contributed by atoms with E-state index in [1.165, 1.54) is 13.2 Å². The van der Waals surface area contributed by atoms with Crippen LogP contribution in [0.2, 0.25) is 0 Å². The lowest BCUT2D eigenvalue weighted by molar-refractivity contribution is -0.139. The van der Waals surface area contributed by atoms with Gasteiger partial charge >= 0.3 is 0 Å². The summed E-state index contributed by atoms with van der Waals surface area (Å²) in [5.41, 5.74) is 0. The van der Waals surface area contributed by atoms with Crippen LogP contribution in [-0.2, 0) is 9.59 Å². The SMILES string of the molecule is CSCC[C@@H](NC(=O)c1ccco1)C(=O)N1CCN(C(C)=O)CC1. The van der Waals surface area contributed by atoms with Crippen molar-refractivity contribution in [1.82, 2.24) is 15.1 Å². The Hall–Kier alpha value is -1.96. The van der Waals surface area contributed by atoms with Crippen LogP contribution in [-0.4, -0.2) is 71.8 Å². The molecule has 0 radical (unpaired) electrons. The second-order valence-electron chi connectivity index (χ2n) is 5.62. The molecule has 8 heteroatoms. The minimum absolute atomic E-state index is 0.0205. The van der Waals surface area contributed by atoms with E-state index in [4.69, 9.17) is 4.42 Å². The topological polar surface area (TPSA) is 82.9 Å². The molecular formula is C16H23N3O4S. The highest BCUT2D eigenvalue weighted by Crippen LogP contribution is 2.10. The number of piperazine rings is 1. The summed E-state index contributed by atoms with van der Waals surface area (Å²) >= 11 is 1.62. The van der Waals surface area contributed by atoms with Crippen molar-refractivity contribution in [2.24, 2.45) is 0 Å². The Morgan fingerprint density at radius 1 is 1.25 bits per heavy atom. The van der Waals surface area contributed by atoms with Gasteiger partial charge in [0.25, 0.3) is 5.91 Å². The van der Waals surface area contributed by atoms with Gasteiger partial charge in [-0.25, -0.2) is 0 Å². The zero-order valence-corrected chi connectivity index (χ0v) is 14.8. The largest absolute Gasteiger partial charge is 0.459 e. The van der Waals surface area contributed by atoms with Gasteiger partial charge in [0, 0.05) is 33.1 Å². The molecule has 3 amide bonds. The molecule has 2 heterocycles. The molecule has 0 spiro atoms. The fourth-order valence-electron chi connectivity index (χ4n) is 2.59. The Labute approximate surface area is 145 Å². The molecule has 1 aromatic heterocycles. The van der Waals surface area contributed by atoms with Crippen LogP contribution in [0, 0.1) is 0 Å². The summed E-state index contributed by atoms with van der Waals surface area (Å²) < 4.78 is 5.08. The van der Waals surface area contributed by atoms with E-state index < -0.39 is 6.04 Å². The molecule has 2 rings (SSSR count). The molecule has 1 fully saturated rings. The van der Waals surface area contributed by atoms with Crippen molar-refractivity contribution in [2.45, 2.75) is 19.4 Å². The van der Waals surface area contributed by atoms with Crippen LogP contribution in [0.4, 0.5) is 0 Å². The van der Waals surface area contributed by atoms with Gasteiger partial charge in [0.1, 0.15) is 6.04 Å². The summed E-state index contributed by atoms with van der Waals surface area (Å²) in [6, 6.07) is 2.62. The molecule has 7 nitrogen and oxygen atoms in total. The number of nitrogens with zero attached hydrogens (tertiary/aromatic N) is 2. The van der Waals surface area contributed by atoms with Crippen LogP contribution < -0.4 is 5.32 Å². The molecule has 0 bridgehead atoms. The van der Waals surface area contributed by atoms with Gasteiger partial charge < -0.3 is 19.5 Å². The van der Waals surface area contributed by atoms with Crippen molar-refractivity contribution >= 4 is 29.5 Å². The lowest BCUT2D eigenvalue weighted by atomic mass is 10.1. The van der Waals surface area contributed by atoms with Crippen LogP contribution >= 0.6 is 11.8 Å². The monoisotopic (exact) mass is 353 g/mol. The summed E-state index contributed by atoms with van der Waals surface area (Å²) in [6.07, 6.45) is 3.94. The molecule has 0 unspecified atom stereocenters. The maximum absolute atomic E-state index is 12.8. The Kier molecular flexibility index (Phi) is 6.72. The molecule has 1 aliphatic heterocycles. The van der Waals surface area contributed by atoms with Gasteiger partial charge in [-0.05, 0) is 30.6 Å². The van der Waals surface area contributed by atoms with Crippen LogP contribution in [0.3, 0.4) is 0 Å². The molecular weight excluding hydrogens is 330 g/mol. The van der Waals surface area contributed by atoms with E-state index in [9.17, 15) is 14.4 Å². The van der Waals surface area contributed by atoms with Gasteiger partial charge in [0.05, 0.1) is 6.26 Å². The summed E-state index contributed by atoms with van der Waals surface area (Å²) in [4.78, 5) is 39.7. The first-order valence-electron chi connectivity index (χ1n) is 7.90. The average Bonchev–Trinajstić information content (AvgIpc) is 3.12. The lowest BCUT2D eigenvalue weighted by Crippen LogP contribution is -2.55. The third-order valence-electron chi connectivity index (χ3n) is 4.00. The highest BCUT2D eigenvalue weighted by atomic mass is 32.2. The first kappa shape index (κ1) is 18.4. The second kappa shape index (κ2) is 8.77. The number of thioether (sulfide) groups is 1. The maximum Gasteiger partial charge on any atom is 0.287 e. The number of hydrogen-bond acceptors (Lipinski definition) is 5. The van der Waals surface area contributed by atoms with Crippen LogP contribution in [0.25, 0.3) is 0 Å². The molecule has 132 valence electrons. The molecule has 0 aliphatic carbocycles. The van der Waals surface area contributed by atoms with Crippen LogP contribution in [0.1, 0.15) is 23.9 Å². The summed E-state index contributed by atoms with van der Waals surface area (Å²) in [6.45, 7) is 3.57. The van der Waals surface area contributed by atoms with Crippen LogP contribution in [0.15, 0.2) is 22.8 Å². The van der Waals surface area contributed by atoms with Crippen molar-refractivity contribution in [1.29, 1.82) is 0 Å². The predicted octanol–water partition coefficient (Wildman–Crippen LogP) is 0.822. The molecule has 1 saturated heterocycles. The predicted molar refractivity (Wildman–Crippen MR) is 91.8 cm³/mol. The van der Waals surface area contributed by atoms with Crippen molar-refractivity contribution in [3.63, 3.8) is 0 Å². The fourth-order valence-corrected chi connectivity index (χ4v) is 3.06. The lowest BCUT2D eigenvalue weighted by Gasteiger charge is -2.36. The van der Waals surface area contributed by atoms with Gasteiger partial charge in [-0.3, -0.25) is 14.4 Å². The van der Waals surface area contributed by atoms with Gasteiger partial charge in [-0.2, -0.15) is 11.8 Å². The van der Waals surface area contributed by atoms with E-state index in [2.05, 4.69) is 5.32 Å². The van der Waals surface area contributed by atoms with Gasteiger partial charge in [-0.15, -0.1) is 0 Å². The number of rotatable bonds is 6. The van der Waals surface area contributed by atoms with Crippen molar-refractivity contribution < 1.29 is 18.8 Å². The third-order valence-corrected chi connectivity index (χ3v) is 4.64. The van der Waals surface area contributed by atoms with Crippen molar-refractivity contribution in [3.8, 4) is 0 Å². The highest BCUT2D eigenvalue weighted by molar-refractivity contribution is 7.98. The minimum Gasteiger partial charge on any atom is -0.459 e. The van der Waals surface area contributed by atoms with Gasteiger partial charge in [0.2, 0.25) is 11.8 Å². The standard InChI is InChI=1S/C16H23N3O4S/c1-12(20)18-6-8-19(9-7-18)16(22)13(5-11-24-2)17-15(21)14-4-3-10-23-14/h3-4,10,13H,5-9,11H2,1-2H3,(H,17,21)/t13-/m1/s1. The summed E-state index contributed by atoms with van der Waals surface area (Å²) in [7, 11) is 0. The molecule has 1 atom stereocenters. The first-order valence-corrected chi connectivity index (χ1v) is 9.30.